The average Bonchev–Trinajstić information content (AvgIpc) is 2.35. The lowest BCUT2D eigenvalue weighted by atomic mass is 9.95. The van der Waals surface area contributed by atoms with Gasteiger partial charge in [-0.3, -0.25) is 4.79 Å². The van der Waals surface area contributed by atoms with Crippen molar-refractivity contribution in [2.45, 2.75) is 39.7 Å². The number of nitrogens with one attached hydrogen (secondary N) is 1. The molecule has 1 rings (SSSR count). The highest BCUT2D eigenvalue weighted by Gasteiger charge is 2.22. The summed E-state index contributed by atoms with van der Waals surface area (Å²) < 4.78 is 0. The fraction of sp³-hybridized carbons (Fsp3) is 0.923. The van der Waals surface area contributed by atoms with Crippen molar-refractivity contribution in [3.8, 4) is 0 Å². The minimum atomic E-state index is -0.717. The maximum Gasteiger partial charge on any atom is 0.307 e. The molecule has 0 aromatic carbocycles. The highest BCUT2D eigenvalue weighted by Crippen LogP contribution is 2.16. The molecule has 4 nitrogen and oxygen atoms in total. The zero-order valence-electron chi connectivity index (χ0n) is 11.3. The van der Waals surface area contributed by atoms with E-state index in [9.17, 15) is 4.79 Å². The topological polar surface area (TPSA) is 52.6 Å². The average molecular weight is 242 g/mol. The smallest absolute Gasteiger partial charge is 0.307 e. The van der Waals surface area contributed by atoms with E-state index in [0.29, 0.717) is 5.92 Å². The van der Waals surface area contributed by atoms with Crippen LogP contribution in [0.25, 0.3) is 0 Å². The molecule has 0 radical (unpaired) electrons. The zero-order valence-corrected chi connectivity index (χ0v) is 11.3. The molecule has 0 aromatic heterocycles. The molecule has 1 fully saturated rings. The molecule has 0 aromatic rings. The highest BCUT2D eigenvalue weighted by atomic mass is 16.4. The summed E-state index contributed by atoms with van der Waals surface area (Å²) in [4.78, 5) is 13.3. The first-order valence-corrected chi connectivity index (χ1v) is 6.73. The Morgan fingerprint density at radius 3 is 2.47 bits per heavy atom. The molecule has 0 bridgehead atoms. The van der Waals surface area contributed by atoms with Crippen LogP contribution in [0.3, 0.4) is 0 Å². The van der Waals surface area contributed by atoms with E-state index in [1.165, 1.54) is 25.9 Å². The van der Waals surface area contributed by atoms with Crippen molar-refractivity contribution in [3.05, 3.63) is 0 Å². The Morgan fingerprint density at radius 2 is 2.00 bits per heavy atom. The number of nitrogens with zero attached hydrogens (tertiary/aromatic N) is 1. The third-order valence-electron chi connectivity index (χ3n) is 4.02. The van der Waals surface area contributed by atoms with Gasteiger partial charge in [-0.25, -0.2) is 0 Å². The summed E-state index contributed by atoms with van der Waals surface area (Å²) in [5.41, 5.74) is 0. The number of carbonyl (C=O) groups is 1. The Morgan fingerprint density at radius 1 is 1.41 bits per heavy atom. The van der Waals surface area contributed by atoms with Gasteiger partial charge in [0.1, 0.15) is 0 Å². The molecule has 1 saturated heterocycles. The van der Waals surface area contributed by atoms with Gasteiger partial charge in [-0.1, -0.05) is 13.8 Å². The molecule has 0 aliphatic carbocycles. The molecule has 0 saturated carbocycles. The second kappa shape index (κ2) is 6.97. The second-order valence-corrected chi connectivity index (χ2v) is 5.20. The lowest BCUT2D eigenvalue weighted by Crippen LogP contribution is -2.42. The van der Waals surface area contributed by atoms with E-state index in [4.69, 9.17) is 5.11 Å². The number of piperidine rings is 1. The first-order chi connectivity index (χ1) is 8.04. The van der Waals surface area contributed by atoms with Crippen LogP contribution in [0.1, 0.15) is 33.6 Å². The molecule has 2 atom stereocenters. The van der Waals surface area contributed by atoms with Crippen molar-refractivity contribution in [2.24, 2.45) is 11.8 Å². The molecule has 0 spiro atoms. The van der Waals surface area contributed by atoms with E-state index in [1.54, 1.807) is 6.92 Å². The summed E-state index contributed by atoms with van der Waals surface area (Å²) in [5, 5.41) is 12.3. The number of carboxylic acid groups (broad SMARTS) is 1. The SMILES string of the molecule is CCN1CCC(CNC(C)C(C)C(=O)O)CC1. The molecule has 100 valence electrons. The molecule has 2 unspecified atom stereocenters. The molecule has 1 aliphatic rings. The van der Waals surface area contributed by atoms with Crippen molar-refractivity contribution < 1.29 is 9.90 Å². The molecule has 4 heteroatoms. The predicted molar refractivity (Wildman–Crippen MR) is 69.1 cm³/mol. The van der Waals surface area contributed by atoms with Gasteiger partial charge in [-0.05, 0) is 51.9 Å². The van der Waals surface area contributed by atoms with Gasteiger partial charge >= 0.3 is 5.97 Å². The number of aliphatic carboxylic acids is 1. The molecular weight excluding hydrogens is 216 g/mol. The number of rotatable bonds is 6. The van der Waals surface area contributed by atoms with Crippen molar-refractivity contribution in [2.75, 3.05) is 26.2 Å². The van der Waals surface area contributed by atoms with Crippen LogP contribution in [0.4, 0.5) is 0 Å². The van der Waals surface area contributed by atoms with Crippen molar-refractivity contribution in [3.63, 3.8) is 0 Å². The zero-order chi connectivity index (χ0) is 12.8. The van der Waals surface area contributed by atoms with E-state index < -0.39 is 5.97 Å². The fourth-order valence-corrected chi connectivity index (χ4v) is 2.25. The maximum absolute atomic E-state index is 10.8. The summed E-state index contributed by atoms with van der Waals surface area (Å²) in [7, 11) is 0. The first-order valence-electron chi connectivity index (χ1n) is 6.73. The first kappa shape index (κ1) is 14.5. The van der Waals surface area contributed by atoms with Crippen LogP contribution < -0.4 is 5.32 Å². The Kier molecular flexibility index (Phi) is 5.92. The second-order valence-electron chi connectivity index (χ2n) is 5.20. The van der Waals surface area contributed by atoms with E-state index in [0.717, 1.165) is 13.1 Å². The van der Waals surface area contributed by atoms with Gasteiger partial charge in [0.15, 0.2) is 0 Å². The van der Waals surface area contributed by atoms with E-state index >= 15 is 0 Å². The monoisotopic (exact) mass is 242 g/mol. The summed E-state index contributed by atoms with van der Waals surface area (Å²) in [6.45, 7) is 10.4. The van der Waals surface area contributed by atoms with Crippen molar-refractivity contribution in [1.82, 2.24) is 10.2 Å². The third-order valence-corrected chi connectivity index (χ3v) is 4.02. The third kappa shape index (κ3) is 4.64. The summed E-state index contributed by atoms with van der Waals surface area (Å²) in [6, 6.07) is 0.0525. The molecular formula is C13H26N2O2. The van der Waals surface area contributed by atoms with Crippen LogP contribution >= 0.6 is 0 Å². The Balaban J connectivity index is 2.21. The van der Waals surface area contributed by atoms with Gasteiger partial charge in [0.25, 0.3) is 0 Å². The van der Waals surface area contributed by atoms with Crippen LogP contribution in [0.15, 0.2) is 0 Å². The van der Waals surface area contributed by atoms with Crippen LogP contribution in [-0.4, -0.2) is 48.2 Å². The Labute approximate surface area is 104 Å². The van der Waals surface area contributed by atoms with Gasteiger partial charge in [0.05, 0.1) is 5.92 Å². The van der Waals surface area contributed by atoms with Crippen molar-refractivity contribution >= 4 is 5.97 Å². The Hall–Kier alpha value is -0.610. The van der Waals surface area contributed by atoms with Gasteiger partial charge in [0.2, 0.25) is 0 Å². The fourth-order valence-electron chi connectivity index (χ4n) is 2.25. The van der Waals surface area contributed by atoms with Crippen LogP contribution in [-0.2, 0) is 4.79 Å². The minimum Gasteiger partial charge on any atom is -0.481 e. The van der Waals surface area contributed by atoms with Gasteiger partial charge in [-0.2, -0.15) is 0 Å². The standard InChI is InChI=1S/C13H26N2O2/c1-4-15-7-5-12(6-8-15)9-14-11(3)10(2)13(16)17/h10-12,14H,4-9H2,1-3H3,(H,16,17). The molecule has 17 heavy (non-hydrogen) atoms. The highest BCUT2D eigenvalue weighted by molar-refractivity contribution is 5.70. The normalized spacial score (nSPS) is 22.3. The largest absolute Gasteiger partial charge is 0.481 e. The van der Waals surface area contributed by atoms with E-state index in [2.05, 4.69) is 17.1 Å². The molecule has 2 N–H and O–H groups in total. The van der Waals surface area contributed by atoms with Crippen LogP contribution in [0, 0.1) is 11.8 Å². The lowest BCUT2D eigenvalue weighted by Gasteiger charge is -2.32. The van der Waals surface area contributed by atoms with Crippen molar-refractivity contribution in [1.29, 1.82) is 0 Å². The van der Waals surface area contributed by atoms with Gasteiger partial charge in [-0.15, -0.1) is 0 Å². The Bertz CT molecular complexity index is 238. The number of hydrogen-bond donors (Lipinski definition) is 2. The summed E-state index contributed by atoms with van der Waals surface area (Å²) in [6.07, 6.45) is 2.46. The number of hydrogen-bond acceptors (Lipinski definition) is 3. The van der Waals surface area contributed by atoms with Crippen LogP contribution in [0.2, 0.25) is 0 Å². The summed E-state index contributed by atoms with van der Waals surface area (Å²) in [5.74, 6) is -0.322. The predicted octanol–water partition coefficient (Wildman–Crippen LogP) is 1.42. The van der Waals surface area contributed by atoms with Crippen LogP contribution in [0.5, 0.6) is 0 Å². The van der Waals surface area contributed by atoms with E-state index in [1.807, 2.05) is 6.92 Å². The maximum atomic E-state index is 10.8. The quantitative estimate of drug-likeness (QED) is 0.739. The lowest BCUT2D eigenvalue weighted by molar-refractivity contribution is -0.141. The van der Waals surface area contributed by atoms with Gasteiger partial charge < -0.3 is 15.3 Å². The van der Waals surface area contributed by atoms with E-state index in [-0.39, 0.29) is 12.0 Å². The minimum absolute atomic E-state index is 0.0525. The number of likely N-dealkylation sites (tertiary alicyclic amines) is 1. The number of carboxylic acids is 1. The summed E-state index contributed by atoms with van der Waals surface area (Å²) >= 11 is 0. The molecule has 1 heterocycles. The molecule has 1 aliphatic heterocycles. The van der Waals surface area contributed by atoms with Gasteiger partial charge in [0, 0.05) is 6.04 Å². The molecule has 0 amide bonds.